The highest BCUT2D eigenvalue weighted by atomic mass is 16.4. The van der Waals surface area contributed by atoms with E-state index in [-0.39, 0.29) is 5.89 Å². The molecule has 1 aromatic heterocycles. The molecule has 1 heterocycles. The lowest BCUT2D eigenvalue weighted by Crippen LogP contribution is -1.78. The lowest BCUT2D eigenvalue weighted by atomic mass is 10.1. The van der Waals surface area contributed by atoms with Gasteiger partial charge in [-0.1, -0.05) is 36.4 Å². The van der Waals surface area contributed by atoms with Crippen LogP contribution in [0.4, 0.5) is 0 Å². The highest BCUT2D eigenvalue weighted by Gasteiger charge is 2.06. The molecule has 0 saturated heterocycles. The maximum atomic E-state index is 10.6. The monoisotopic (exact) mass is 223 g/mol. The van der Waals surface area contributed by atoms with E-state index in [9.17, 15) is 4.79 Å². The van der Waals surface area contributed by atoms with Gasteiger partial charge in [-0.2, -0.15) is 0 Å². The zero-order valence-electron chi connectivity index (χ0n) is 8.96. The summed E-state index contributed by atoms with van der Waals surface area (Å²) in [5.41, 5.74) is 3.51. The van der Waals surface area contributed by atoms with Gasteiger partial charge in [0, 0.05) is 0 Å². The summed E-state index contributed by atoms with van der Waals surface area (Å²) < 4.78 is 5.23. The lowest BCUT2D eigenvalue weighted by Gasteiger charge is -1.99. The third kappa shape index (κ3) is 1.72. The number of nitrogens with zero attached hydrogens (tertiary/aromatic N) is 1. The highest BCUT2D eigenvalue weighted by Crippen LogP contribution is 2.24. The number of aldehydes is 1. The molecule has 3 rings (SSSR count). The molecule has 0 aliphatic rings. The van der Waals surface area contributed by atoms with Gasteiger partial charge in [-0.25, -0.2) is 4.98 Å². The number of hydrogen-bond acceptors (Lipinski definition) is 3. The van der Waals surface area contributed by atoms with E-state index in [2.05, 4.69) is 4.98 Å². The average Bonchev–Trinajstić information content (AvgIpc) is 2.81. The van der Waals surface area contributed by atoms with Gasteiger partial charge in [-0.15, -0.1) is 0 Å². The van der Waals surface area contributed by atoms with Crippen molar-refractivity contribution in [3.63, 3.8) is 0 Å². The molecule has 0 radical (unpaired) electrons. The minimum atomic E-state index is 0.116. The SMILES string of the molecule is O=Cc1nc2cc(-c3ccccc3)ccc2o1. The Kier molecular flexibility index (Phi) is 2.22. The summed E-state index contributed by atoms with van der Waals surface area (Å²) in [5.74, 6) is 0.116. The molecule has 0 fully saturated rings. The molecule has 17 heavy (non-hydrogen) atoms. The van der Waals surface area contributed by atoms with Crippen molar-refractivity contribution in [3.05, 3.63) is 54.4 Å². The molecule has 2 aromatic carbocycles. The summed E-state index contributed by atoms with van der Waals surface area (Å²) in [7, 11) is 0. The Balaban J connectivity index is 2.16. The fraction of sp³-hybridized carbons (Fsp3) is 0. The number of fused-ring (bicyclic) bond motifs is 1. The number of aromatic nitrogens is 1. The Morgan fingerprint density at radius 3 is 2.59 bits per heavy atom. The Morgan fingerprint density at radius 2 is 1.82 bits per heavy atom. The highest BCUT2D eigenvalue weighted by molar-refractivity contribution is 5.83. The summed E-state index contributed by atoms with van der Waals surface area (Å²) in [4.78, 5) is 14.7. The van der Waals surface area contributed by atoms with Gasteiger partial charge in [-0.05, 0) is 23.3 Å². The smallest absolute Gasteiger partial charge is 0.260 e. The van der Waals surface area contributed by atoms with Gasteiger partial charge in [0.2, 0.25) is 6.29 Å². The number of rotatable bonds is 2. The van der Waals surface area contributed by atoms with E-state index >= 15 is 0 Å². The van der Waals surface area contributed by atoms with Crippen molar-refractivity contribution < 1.29 is 9.21 Å². The molecular formula is C14H9NO2. The van der Waals surface area contributed by atoms with Crippen molar-refractivity contribution in [2.45, 2.75) is 0 Å². The second kappa shape index (κ2) is 3.87. The van der Waals surface area contributed by atoms with Crippen LogP contribution < -0.4 is 0 Å². The van der Waals surface area contributed by atoms with Gasteiger partial charge >= 0.3 is 0 Å². The molecule has 0 saturated carbocycles. The summed E-state index contributed by atoms with van der Waals surface area (Å²) >= 11 is 0. The minimum absolute atomic E-state index is 0.116. The van der Waals surface area contributed by atoms with Gasteiger partial charge in [0.1, 0.15) is 5.52 Å². The quantitative estimate of drug-likeness (QED) is 0.626. The Labute approximate surface area is 97.7 Å². The first-order valence-corrected chi connectivity index (χ1v) is 5.28. The molecule has 0 bridgehead atoms. The van der Waals surface area contributed by atoms with Crippen LogP contribution in [0.5, 0.6) is 0 Å². The molecule has 0 aliphatic carbocycles. The molecular weight excluding hydrogens is 214 g/mol. The Morgan fingerprint density at radius 1 is 1.00 bits per heavy atom. The number of benzene rings is 2. The van der Waals surface area contributed by atoms with Crippen LogP contribution in [-0.4, -0.2) is 11.3 Å². The Bertz CT molecular complexity index is 671. The number of hydrogen-bond donors (Lipinski definition) is 0. The van der Waals surface area contributed by atoms with Crippen molar-refractivity contribution in [2.24, 2.45) is 0 Å². The zero-order valence-corrected chi connectivity index (χ0v) is 8.96. The van der Waals surface area contributed by atoms with Gasteiger partial charge in [-0.3, -0.25) is 4.79 Å². The molecule has 0 amide bonds. The normalized spacial score (nSPS) is 10.6. The number of carbonyl (C=O) groups is 1. The van der Waals surface area contributed by atoms with Gasteiger partial charge in [0.05, 0.1) is 0 Å². The zero-order chi connectivity index (χ0) is 11.7. The molecule has 0 unspecified atom stereocenters. The van der Waals surface area contributed by atoms with E-state index in [1.807, 2.05) is 48.5 Å². The van der Waals surface area contributed by atoms with Crippen molar-refractivity contribution in [3.8, 4) is 11.1 Å². The first-order chi connectivity index (χ1) is 8.36. The van der Waals surface area contributed by atoms with Gasteiger partial charge in [0.25, 0.3) is 5.89 Å². The molecule has 0 atom stereocenters. The van der Waals surface area contributed by atoms with Crippen LogP contribution in [0.25, 0.3) is 22.2 Å². The van der Waals surface area contributed by atoms with Gasteiger partial charge < -0.3 is 4.42 Å². The lowest BCUT2D eigenvalue weighted by molar-refractivity contribution is 0.109. The van der Waals surface area contributed by atoms with Crippen LogP contribution in [0.3, 0.4) is 0 Å². The Hall–Kier alpha value is -2.42. The van der Waals surface area contributed by atoms with Crippen molar-refractivity contribution in [2.75, 3.05) is 0 Å². The minimum Gasteiger partial charge on any atom is -0.434 e. The standard InChI is InChI=1S/C14H9NO2/c16-9-14-15-12-8-11(6-7-13(12)17-14)10-4-2-1-3-5-10/h1-9H. The van der Waals surface area contributed by atoms with Crippen LogP contribution >= 0.6 is 0 Å². The molecule has 3 nitrogen and oxygen atoms in total. The second-order valence-corrected chi connectivity index (χ2v) is 3.72. The van der Waals surface area contributed by atoms with Gasteiger partial charge in [0.15, 0.2) is 5.58 Å². The maximum absolute atomic E-state index is 10.6. The third-order valence-corrected chi connectivity index (χ3v) is 2.61. The maximum Gasteiger partial charge on any atom is 0.260 e. The molecule has 0 spiro atoms. The van der Waals surface area contributed by atoms with E-state index < -0.39 is 0 Å². The van der Waals surface area contributed by atoms with Crippen molar-refractivity contribution >= 4 is 17.4 Å². The summed E-state index contributed by atoms with van der Waals surface area (Å²) in [6.45, 7) is 0. The fourth-order valence-electron chi connectivity index (χ4n) is 1.81. The van der Waals surface area contributed by atoms with Crippen LogP contribution in [0.15, 0.2) is 52.9 Å². The molecule has 0 N–H and O–H groups in total. The summed E-state index contributed by atoms with van der Waals surface area (Å²) in [6, 6.07) is 15.7. The van der Waals surface area contributed by atoms with Crippen LogP contribution in [-0.2, 0) is 0 Å². The van der Waals surface area contributed by atoms with Crippen LogP contribution in [0, 0.1) is 0 Å². The number of oxazole rings is 1. The van der Waals surface area contributed by atoms with E-state index in [4.69, 9.17) is 4.42 Å². The average molecular weight is 223 g/mol. The van der Waals surface area contributed by atoms with Crippen molar-refractivity contribution in [1.82, 2.24) is 4.98 Å². The summed E-state index contributed by atoms with van der Waals surface area (Å²) in [5, 5.41) is 0. The van der Waals surface area contributed by atoms with E-state index in [0.717, 1.165) is 11.1 Å². The molecule has 0 aliphatic heterocycles. The van der Waals surface area contributed by atoms with Crippen molar-refractivity contribution in [1.29, 1.82) is 0 Å². The predicted octanol–water partition coefficient (Wildman–Crippen LogP) is 3.31. The van der Waals surface area contributed by atoms with E-state index in [0.29, 0.717) is 17.4 Å². The number of carbonyl (C=O) groups excluding carboxylic acids is 1. The predicted molar refractivity (Wildman–Crippen MR) is 64.8 cm³/mol. The first-order valence-electron chi connectivity index (χ1n) is 5.28. The molecule has 3 aromatic rings. The molecule has 82 valence electrons. The topological polar surface area (TPSA) is 43.1 Å². The largest absolute Gasteiger partial charge is 0.434 e. The van der Waals surface area contributed by atoms with E-state index in [1.54, 1.807) is 0 Å². The first kappa shape index (κ1) is 9.78. The second-order valence-electron chi connectivity index (χ2n) is 3.72. The van der Waals surface area contributed by atoms with E-state index in [1.165, 1.54) is 0 Å². The fourth-order valence-corrected chi connectivity index (χ4v) is 1.81. The van der Waals surface area contributed by atoms with Crippen LogP contribution in [0.1, 0.15) is 10.7 Å². The molecule has 3 heteroatoms. The summed E-state index contributed by atoms with van der Waals surface area (Å²) in [6.07, 6.45) is 0.613. The third-order valence-electron chi connectivity index (χ3n) is 2.61. The van der Waals surface area contributed by atoms with Crippen LogP contribution in [0.2, 0.25) is 0 Å².